The van der Waals surface area contributed by atoms with Crippen LogP contribution >= 0.6 is 0 Å². The highest BCUT2D eigenvalue weighted by molar-refractivity contribution is 5.95. The zero-order valence-electron chi connectivity index (χ0n) is 13.2. The van der Waals surface area contributed by atoms with Crippen LogP contribution in [0.3, 0.4) is 0 Å². The molecule has 3 aromatic rings. The monoisotopic (exact) mass is 335 g/mol. The molecule has 0 spiro atoms. The van der Waals surface area contributed by atoms with E-state index in [1.54, 1.807) is 48.5 Å². The molecule has 1 amide bonds. The molecule has 0 bridgehead atoms. The van der Waals surface area contributed by atoms with Crippen molar-refractivity contribution in [2.24, 2.45) is 0 Å². The minimum absolute atomic E-state index is 0.0748. The fraction of sp³-hybridized carbons (Fsp3) is 0.111. The first kappa shape index (κ1) is 15.1. The summed E-state index contributed by atoms with van der Waals surface area (Å²) >= 11 is 0. The highest BCUT2D eigenvalue weighted by Gasteiger charge is 2.32. The van der Waals surface area contributed by atoms with Crippen LogP contribution in [0.25, 0.3) is 10.9 Å². The molecule has 0 fully saturated rings. The van der Waals surface area contributed by atoms with Crippen LogP contribution in [-0.4, -0.2) is 28.5 Å². The predicted molar refractivity (Wildman–Crippen MR) is 89.4 cm³/mol. The van der Waals surface area contributed by atoms with Gasteiger partial charge in [-0.25, -0.2) is 9.78 Å². The highest BCUT2D eigenvalue weighted by Crippen LogP contribution is 2.23. The van der Waals surface area contributed by atoms with E-state index in [0.29, 0.717) is 22.0 Å². The number of hydrogen-bond donors (Lipinski definition) is 1. The number of ether oxygens (including phenoxy) is 1. The van der Waals surface area contributed by atoms with Crippen LogP contribution in [0.15, 0.2) is 53.3 Å². The number of aromatic nitrogens is 2. The normalized spacial score (nSPS) is 15.7. The van der Waals surface area contributed by atoms with E-state index in [4.69, 9.17) is 0 Å². The predicted octanol–water partition coefficient (Wildman–Crippen LogP) is 1.47. The smallest absolute Gasteiger partial charge is 0.337 e. The number of para-hydroxylation sites is 1. The lowest BCUT2D eigenvalue weighted by atomic mass is 10.1. The van der Waals surface area contributed by atoms with Crippen LogP contribution in [0.5, 0.6) is 0 Å². The van der Waals surface area contributed by atoms with Gasteiger partial charge in [-0.3, -0.25) is 14.2 Å². The molecule has 25 heavy (non-hydrogen) atoms. The number of benzene rings is 2. The fourth-order valence-corrected chi connectivity index (χ4v) is 2.95. The summed E-state index contributed by atoms with van der Waals surface area (Å²) in [7, 11) is 1.31. The van der Waals surface area contributed by atoms with Gasteiger partial charge < -0.3 is 10.1 Å². The Balaban J connectivity index is 1.85. The number of carbonyl (C=O) groups is 2. The Bertz CT molecular complexity index is 1070. The van der Waals surface area contributed by atoms with Crippen LogP contribution in [0, 0.1) is 0 Å². The van der Waals surface area contributed by atoms with E-state index in [0.717, 1.165) is 0 Å². The first-order valence-corrected chi connectivity index (χ1v) is 7.60. The molecule has 2 aromatic carbocycles. The number of hydrogen-bond acceptors (Lipinski definition) is 5. The largest absolute Gasteiger partial charge is 0.465 e. The van der Waals surface area contributed by atoms with Gasteiger partial charge in [0, 0.05) is 0 Å². The maximum Gasteiger partial charge on any atom is 0.337 e. The minimum Gasteiger partial charge on any atom is -0.465 e. The van der Waals surface area contributed by atoms with Crippen molar-refractivity contribution in [1.29, 1.82) is 0 Å². The lowest BCUT2D eigenvalue weighted by Gasteiger charge is -2.14. The summed E-state index contributed by atoms with van der Waals surface area (Å²) < 4.78 is 6.01. The minimum atomic E-state index is -0.668. The molecule has 1 N–H and O–H groups in total. The lowest BCUT2D eigenvalue weighted by Crippen LogP contribution is -2.28. The van der Waals surface area contributed by atoms with Gasteiger partial charge in [0.2, 0.25) is 5.82 Å². The average Bonchev–Trinajstić information content (AvgIpc) is 2.98. The maximum absolute atomic E-state index is 12.8. The molecule has 0 aliphatic carbocycles. The van der Waals surface area contributed by atoms with E-state index < -0.39 is 18.0 Å². The first-order chi connectivity index (χ1) is 12.1. The molecule has 0 saturated carbocycles. The second-order valence-electron chi connectivity index (χ2n) is 5.62. The van der Waals surface area contributed by atoms with Crippen molar-refractivity contribution in [3.05, 3.63) is 75.8 Å². The summed E-state index contributed by atoms with van der Waals surface area (Å²) in [6, 6.07) is 13.4. The standard InChI is InChI=1S/C18H13N3O4/c1-25-18(24)11-8-6-10(7-9-11)14-20-16(22)15-19-13-5-3-2-4-12(13)17(23)21(14)15/h2-9,14H,1H3,(H,20,22)/t14-/m0/s1. The Morgan fingerprint density at radius 1 is 1.12 bits per heavy atom. The number of nitrogens with zero attached hydrogens (tertiary/aromatic N) is 2. The molecule has 0 radical (unpaired) electrons. The van der Waals surface area contributed by atoms with Crippen LogP contribution in [0.2, 0.25) is 0 Å². The summed E-state index contributed by atoms with van der Waals surface area (Å²) in [6.07, 6.45) is -0.668. The van der Waals surface area contributed by atoms with Crippen molar-refractivity contribution >= 4 is 22.8 Å². The molecule has 7 nitrogen and oxygen atoms in total. The van der Waals surface area contributed by atoms with Gasteiger partial charge in [0.05, 0.1) is 23.6 Å². The number of rotatable bonds is 2. The third kappa shape index (κ3) is 2.28. The fourth-order valence-electron chi connectivity index (χ4n) is 2.95. The molecular weight excluding hydrogens is 322 g/mol. The van der Waals surface area contributed by atoms with Crippen molar-refractivity contribution in [3.63, 3.8) is 0 Å². The molecule has 124 valence electrons. The molecule has 1 aliphatic heterocycles. The third-order valence-electron chi connectivity index (χ3n) is 4.18. The average molecular weight is 335 g/mol. The van der Waals surface area contributed by atoms with E-state index in [2.05, 4.69) is 15.0 Å². The van der Waals surface area contributed by atoms with Gasteiger partial charge >= 0.3 is 5.97 Å². The van der Waals surface area contributed by atoms with Crippen LogP contribution in [0.1, 0.15) is 32.7 Å². The Labute approximate surface area is 141 Å². The van der Waals surface area contributed by atoms with E-state index in [1.165, 1.54) is 11.7 Å². The second-order valence-corrected chi connectivity index (χ2v) is 5.62. The summed E-state index contributed by atoms with van der Waals surface area (Å²) in [5, 5.41) is 3.20. The molecule has 1 atom stereocenters. The molecule has 0 saturated heterocycles. The van der Waals surface area contributed by atoms with Gasteiger partial charge in [-0.2, -0.15) is 0 Å². The van der Waals surface area contributed by atoms with Crippen molar-refractivity contribution in [2.75, 3.05) is 7.11 Å². The van der Waals surface area contributed by atoms with Crippen molar-refractivity contribution in [3.8, 4) is 0 Å². The van der Waals surface area contributed by atoms with Crippen molar-refractivity contribution < 1.29 is 14.3 Å². The molecular formula is C18H13N3O4. The number of methoxy groups -OCH3 is 1. The zero-order valence-corrected chi connectivity index (χ0v) is 13.2. The molecule has 1 aliphatic rings. The van der Waals surface area contributed by atoms with Gasteiger partial charge in [0.1, 0.15) is 6.17 Å². The number of nitrogens with one attached hydrogen (secondary N) is 1. The highest BCUT2D eigenvalue weighted by atomic mass is 16.5. The topological polar surface area (TPSA) is 90.3 Å². The maximum atomic E-state index is 12.8. The molecule has 2 heterocycles. The number of fused-ring (bicyclic) bond motifs is 2. The Morgan fingerprint density at radius 2 is 1.84 bits per heavy atom. The summed E-state index contributed by atoms with van der Waals surface area (Å²) in [5.41, 5.74) is 1.25. The Hall–Kier alpha value is -3.48. The number of amides is 1. The van der Waals surface area contributed by atoms with Gasteiger partial charge in [0.15, 0.2) is 0 Å². The van der Waals surface area contributed by atoms with Crippen molar-refractivity contribution in [1.82, 2.24) is 14.9 Å². The zero-order chi connectivity index (χ0) is 17.6. The SMILES string of the molecule is COC(=O)c1ccc([C@H]2NC(=O)c3nc4ccccc4c(=O)n32)cc1. The summed E-state index contributed by atoms with van der Waals surface area (Å²) in [5.74, 6) is -0.789. The number of carbonyl (C=O) groups excluding carboxylic acids is 2. The third-order valence-corrected chi connectivity index (χ3v) is 4.18. The molecule has 4 rings (SSSR count). The van der Waals surface area contributed by atoms with Crippen molar-refractivity contribution in [2.45, 2.75) is 6.17 Å². The van der Waals surface area contributed by atoms with E-state index in [1.807, 2.05) is 0 Å². The van der Waals surface area contributed by atoms with Crippen LogP contribution < -0.4 is 10.9 Å². The van der Waals surface area contributed by atoms with Gasteiger partial charge in [0.25, 0.3) is 11.5 Å². The van der Waals surface area contributed by atoms with Gasteiger partial charge in [-0.05, 0) is 29.8 Å². The molecule has 0 unspecified atom stereocenters. The number of esters is 1. The quantitative estimate of drug-likeness (QED) is 0.716. The van der Waals surface area contributed by atoms with E-state index in [-0.39, 0.29) is 11.4 Å². The van der Waals surface area contributed by atoms with E-state index in [9.17, 15) is 14.4 Å². The van der Waals surface area contributed by atoms with E-state index >= 15 is 0 Å². The Kier molecular flexibility index (Phi) is 3.35. The van der Waals surface area contributed by atoms with Gasteiger partial charge in [-0.15, -0.1) is 0 Å². The second kappa shape index (κ2) is 5.55. The summed E-state index contributed by atoms with van der Waals surface area (Å²) in [4.78, 5) is 40.9. The van der Waals surface area contributed by atoms with Crippen LogP contribution in [-0.2, 0) is 4.74 Å². The molecule has 1 aromatic heterocycles. The lowest BCUT2D eigenvalue weighted by molar-refractivity contribution is 0.0600. The molecule has 7 heteroatoms. The van der Waals surface area contributed by atoms with Crippen LogP contribution in [0.4, 0.5) is 0 Å². The first-order valence-electron chi connectivity index (χ1n) is 7.60. The Morgan fingerprint density at radius 3 is 2.56 bits per heavy atom. The van der Waals surface area contributed by atoms with Gasteiger partial charge in [-0.1, -0.05) is 24.3 Å². The summed E-state index contributed by atoms with van der Waals surface area (Å²) in [6.45, 7) is 0.